The van der Waals surface area contributed by atoms with Crippen molar-refractivity contribution in [3.05, 3.63) is 76.0 Å². The molecule has 152 valence electrons. The molecule has 2 N–H and O–H groups in total. The van der Waals surface area contributed by atoms with Crippen LogP contribution < -0.4 is 5.32 Å². The highest BCUT2D eigenvalue weighted by molar-refractivity contribution is 6.01. The number of hydrogen-bond acceptors (Lipinski definition) is 5. The number of nitriles is 1. The molecule has 9 nitrogen and oxygen atoms in total. The Balaban J connectivity index is 1.94. The number of fused-ring (bicyclic) bond motifs is 1. The number of benzene rings is 2. The van der Waals surface area contributed by atoms with Gasteiger partial charge < -0.3 is 10.3 Å². The number of carbonyl (C=O) groups excluding carboxylic acids is 2. The van der Waals surface area contributed by atoms with E-state index in [9.17, 15) is 25.0 Å². The van der Waals surface area contributed by atoms with Crippen LogP contribution in [0.25, 0.3) is 10.9 Å². The van der Waals surface area contributed by atoms with Crippen molar-refractivity contribution >= 4 is 28.4 Å². The molecule has 0 saturated carbocycles. The van der Waals surface area contributed by atoms with E-state index in [1.807, 2.05) is 30.5 Å². The van der Waals surface area contributed by atoms with Gasteiger partial charge in [-0.1, -0.05) is 30.3 Å². The normalized spacial score (nSPS) is 11.5. The highest BCUT2D eigenvalue weighted by atomic mass is 16.6. The average molecular weight is 405 g/mol. The molecule has 0 aliphatic rings. The van der Waals surface area contributed by atoms with Crippen molar-refractivity contribution in [2.45, 2.75) is 19.4 Å². The SMILES string of the molecule is CCN(C#N)C(=O)C(Cc1c[nH]c2ccccc12)NC(=O)c1ccccc1[N+](=O)[O-]. The first-order valence-electron chi connectivity index (χ1n) is 9.26. The van der Waals surface area contributed by atoms with Crippen molar-refractivity contribution < 1.29 is 14.5 Å². The molecule has 1 aromatic heterocycles. The van der Waals surface area contributed by atoms with Crippen LogP contribution in [0.5, 0.6) is 0 Å². The number of hydrogen-bond donors (Lipinski definition) is 2. The zero-order valence-corrected chi connectivity index (χ0v) is 16.2. The Kier molecular flexibility index (Phi) is 6.08. The second-order valence-corrected chi connectivity index (χ2v) is 6.55. The number of nitro benzene ring substituents is 1. The van der Waals surface area contributed by atoms with Gasteiger partial charge in [0.1, 0.15) is 11.6 Å². The monoisotopic (exact) mass is 405 g/mol. The van der Waals surface area contributed by atoms with Crippen molar-refractivity contribution in [1.82, 2.24) is 15.2 Å². The highest BCUT2D eigenvalue weighted by Crippen LogP contribution is 2.21. The molecule has 3 rings (SSSR count). The van der Waals surface area contributed by atoms with E-state index in [0.29, 0.717) is 0 Å². The van der Waals surface area contributed by atoms with Crippen molar-refractivity contribution in [3.63, 3.8) is 0 Å². The van der Waals surface area contributed by atoms with Crippen LogP contribution in [0.2, 0.25) is 0 Å². The lowest BCUT2D eigenvalue weighted by Crippen LogP contribution is -2.48. The Morgan fingerprint density at radius 3 is 2.63 bits per heavy atom. The van der Waals surface area contributed by atoms with Crippen molar-refractivity contribution in [3.8, 4) is 6.19 Å². The van der Waals surface area contributed by atoms with Crippen molar-refractivity contribution in [1.29, 1.82) is 5.26 Å². The van der Waals surface area contributed by atoms with Gasteiger partial charge in [-0.15, -0.1) is 0 Å². The van der Waals surface area contributed by atoms with E-state index in [1.54, 1.807) is 13.1 Å². The first-order chi connectivity index (χ1) is 14.5. The van der Waals surface area contributed by atoms with Crippen LogP contribution in [-0.4, -0.2) is 39.2 Å². The third kappa shape index (κ3) is 4.12. The summed E-state index contributed by atoms with van der Waals surface area (Å²) >= 11 is 0. The van der Waals surface area contributed by atoms with Gasteiger partial charge in [-0.3, -0.25) is 19.7 Å². The molecular weight excluding hydrogens is 386 g/mol. The van der Waals surface area contributed by atoms with E-state index in [2.05, 4.69) is 10.3 Å². The fraction of sp³-hybridized carbons (Fsp3) is 0.190. The highest BCUT2D eigenvalue weighted by Gasteiger charge is 2.29. The van der Waals surface area contributed by atoms with Gasteiger partial charge in [-0.25, -0.2) is 4.90 Å². The Morgan fingerprint density at radius 1 is 1.23 bits per heavy atom. The number of rotatable bonds is 7. The second kappa shape index (κ2) is 8.87. The van der Waals surface area contributed by atoms with Gasteiger partial charge >= 0.3 is 0 Å². The maximum atomic E-state index is 12.9. The van der Waals surface area contributed by atoms with Crippen LogP contribution in [-0.2, 0) is 11.2 Å². The summed E-state index contributed by atoms with van der Waals surface area (Å²) in [5.74, 6) is -1.34. The molecule has 0 saturated heterocycles. The number of nitrogens with one attached hydrogen (secondary N) is 2. The lowest BCUT2D eigenvalue weighted by molar-refractivity contribution is -0.385. The molecule has 1 atom stereocenters. The van der Waals surface area contributed by atoms with E-state index in [-0.39, 0.29) is 24.2 Å². The van der Waals surface area contributed by atoms with E-state index in [0.717, 1.165) is 21.4 Å². The molecule has 1 heterocycles. The zero-order chi connectivity index (χ0) is 21.7. The number of amides is 2. The summed E-state index contributed by atoms with van der Waals surface area (Å²) in [6.07, 6.45) is 3.67. The van der Waals surface area contributed by atoms with E-state index < -0.39 is 22.8 Å². The summed E-state index contributed by atoms with van der Waals surface area (Å²) in [5, 5.41) is 24.0. The molecule has 0 aliphatic carbocycles. The number of carbonyl (C=O) groups is 2. The Morgan fingerprint density at radius 2 is 1.93 bits per heavy atom. The summed E-state index contributed by atoms with van der Waals surface area (Å²) in [7, 11) is 0. The lowest BCUT2D eigenvalue weighted by Gasteiger charge is -2.21. The molecule has 3 aromatic rings. The third-order valence-electron chi connectivity index (χ3n) is 4.75. The van der Waals surface area contributed by atoms with Gasteiger partial charge in [0.25, 0.3) is 17.5 Å². The Hall–Kier alpha value is -4.19. The van der Waals surface area contributed by atoms with Crippen LogP contribution in [0.15, 0.2) is 54.7 Å². The Labute approximate surface area is 172 Å². The van der Waals surface area contributed by atoms with Gasteiger partial charge in [0.05, 0.1) is 4.92 Å². The molecule has 0 aliphatic heterocycles. The minimum Gasteiger partial charge on any atom is -0.361 e. The van der Waals surface area contributed by atoms with Crippen LogP contribution in [0.1, 0.15) is 22.8 Å². The average Bonchev–Trinajstić information content (AvgIpc) is 3.16. The summed E-state index contributed by atoms with van der Waals surface area (Å²) in [6, 6.07) is 11.9. The van der Waals surface area contributed by atoms with Gasteiger partial charge in [-0.2, -0.15) is 5.26 Å². The molecule has 0 bridgehead atoms. The predicted molar refractivity (Wildman–Crippen MR) is 109 cm³/mol. The summed E-state index contributed by atoms with van der Waals surface area (Å²) < 4.78 is 0. The molecule has 0 spiro atoms. The quantitative estimate of drug-likeness (QED) is 0.270. The number of H-pyrrole nitrogens is 1. The number of aromatic nitrogens is 1. The topological polar surface area (TPSA) is 132 Å². The zero-order valence-electron chi connectivity index (χ0n) is 16.2. The van der Waals surface area contributed by atoms with Gasteiger partial charge in [-0.05, 0) is 24.6 Å². The van der Waals surface area contributed by atoms with E-state index in [1.165, 1.54) is 24.3 Å². The van der Waals surface area contributed by atoms with Crippen LogP contribution in [0, 0.1) is 21.6 Å². The minimum absolute atomic E-state index is 0.118. The maximum Gasteiger partial charge on any atom is 0.282 e. The number of nitro groups is 1. The van der Waals surface area contributed by atoms with Crippen LogP contribution in [0.4, 0.5) is 5.69 Å². The molecule has 9 heteroatoms. The van der Waals surface area contributed by atoms with Crippen LogP contribution in [0.3, 0.4) is 0 Å². The number of aromatic amines is 1. The molecule has 0 radical (unpaired) electrons. The third-order valence-corrected chi connectivity index (χ3v) is 4.75. The second-order valence-electron chi connectivity index (χ2n) is 6.55. The van der Waals surface area contributed by atoms with Crippen LogP contribution >= 0.6 is 0 Å². The number of likely N-dealkylation sites (N-methyl/N-ethyl adjacent to an activating group) is 1. The number of para-hydroxylation sites is 2. The van der Waals surface area contributed by atoms with Gasteiger partial charge in [0.2, 0.25) is 0 Å². The molecule has 2 amide bonds. The Bertz CT molecular complexity index is 1150. The fourth-order valence-corrected chi connectivity index (χ4v) is 3.25. The number of nitrogens with zero attached hydrogens (tertiary/aromatic N) is 3. The molecule has 0 fully saturated rings. The largest absolute Gasteiger partial charge is 0.361 e. The molecule has 1 unspecified atom stereocenters. The smallest absolute Gasteiger partial charge is 0.282 e. The first kappa shape index (κ1) is 20.5. The molecule has 2 aromatic carbocycles. The van der Waals surface area contributed by atoms with Crippen molar-refractivity contribution in [2.75, 3.05) is 6.54 Å². The lowest BCUT2D eigenvalue weighted by atomic mass is 10.0. The van der Waals surface area contributed by atoms with E-state index >= 15 is 0 Å². The summed E-state index contributed by atoms with van der Waals surface area (Å²) in [5.41, 5.74) is 1.14. The maximum absolute atomic E-state index is 12.9. The standard InChI is InChI=1S/C21H19N5O4/c1-2-25(13-22)21(28)18(11-14-12-23-17-9-5-3-7-15(14)17)24-20(27)16-8-4-6-10-19(16)26(29)30/h3-10,12,18,23H,2,11H2,1H3,(H,24,27). The summed E-state index contributed by atoms with van der Waals surface area (Å²) in [4.78, 5) is 40.3. The van der Waals surface area contributed by atoms with Gasteiger partial charge in [0, 0.05) is 36.1 Å². The predicted octanol–water partition coefficient (Wildman–Crippen LogP) is 2.75. The molecule has 30 heavy (non-hydrogen) atoms. The fourth-order valence-electron chi connectivity index (χ4n) is 3.25. The summed E-state index contributed by atoms with van der Waals surface area (Å²) in [6.45, 7) is 1.79. The van der Waals surface area contributed by atoms with Gasteiger partial charge in [0.15, 0.2) is 6.19 Å². The van der Waals surface area contributed by atoms with E-state index in [4.69, 9.17) is 0 Å². The molecular formula is C21H19N5O4. The minimum atomic E-state index is -1.07. The van der Waals surface area contributed by atoms with Crippen molar-refractivity contribution in [2.24, 2.45) is 0 Å². The first-order valence-corrected chi connectivity index (χ1v) is 9.26.